The number of carbonyl (C=O) groups is 2. The van der Waals surface area contributed by atoms with E-state index >= 15 is 0 Å². The SMILES string of the molecule is CC(C)CCNC(=O)CCC(=O)c1ccc2[nH]c(=O)oc2c1. The fraction of sp³-hybridized carbons (Fsp3) is 0.438. The molecule has 118 valence electrons. The lowest BCUT2D eigenvalue weighted by Crippen LogP contribution is -2.25. The average Bonchev–Trinajstić information content (AvgIpc) is 2.83. The van der Waals surface area contributed by atoms with Gasteiger partial charge < -0.3 is 9.73 Å². The number of amides is 1. The zero-order chi connectivity index (χ0) is 16.1. The Bertz CT molecular complexity index is 727. The highest BCUT2D eigenvalue weighted by atomic mass is 16.4. The van der Waals surface area contributed by atoms with Crippen LogP contribution >= 0.6 is 0 Å². The lowest BCUT2D eigenvalue weighted by Gasteiger charge is -2.06. The maximum absolute atomic E-state index is 12.1. The first-order valence-electron chi connectivity index (χ1n) is 7.38. The van der Waals surface area contributed by atoms with Gasteiger partial charge in [-0.1, -0.05) is 13.8 Å². The molecule has 1 aromatic carbocycles. The maximum Gasteiger partial charge on any atom is 0.417 e. The van der Waals surface area contributed by atoms with E-state index in [1.807, 2.05) is 0 Å². The molecule has 0 saturated heterocycles. The first-order valence-corrected chi connectivity index (χ1v) is 7.38. The predicted octanol–water partition coefficient (Wildman–Crippen LogP) is 2.25. The van der Waals surface area contributed by atoms with E-state index in [-0.39, 0.29) is 24.5 Å². The first kappa shape index (κ1) is 16.0. The van der Waals surface area contributed by atoms with Gasteiger partial charge >= 0.3 is 5.76 Å². The van der Waals surface area contributed by atoms with Crippen LogP contribution < -0.4 is 11.1 Å². The van der Waals surface area contributed by atoms with Crippen molar-refractivity contribution in [2.24, 2.45) is 5.92 Å². The van der Waals surface area contributed by atoms with Gasteiger partial charge in [-0.3, -0.25) is 14.6 Å². The molecule has 0 bridgehead atoms. The Kier molecular flexibility index (Phi) is 5.14. The number of ketones is 1. The molecule has 1 aromatic heterocycles. The number of benzene rings is 1. The van der Waals surface area contributed by atoms with Crippen molar-refractivity contribution in [3.05, 3.63) is 34.3 Å². The van der Waals surface area contributed by atoms with E-state index in [0.29, 0.717) is 29.1 Å². The van der Waals surface area contributed by atoms with Crippen molar-refractivity contribution in [1.82, 2.24) is 10.3 Å². The van der Waals surface area contributed by atoms with Crippen molar-refractivity contribution < 1.29 is 14.0 Å². The van der Waals surface area contributed by atoms with Crippen LogP contribution in [0.15, 0.2) is 27.4 Å². The Morgan fingerprint density at radius 2 is 2.05 bits per heavy atom. The van der Waals surface area contributed by atoms with Gasteiger partial charge in [0.1, 0.15) is 0 Å². The summed E-state index contributed by atoms with van der Waals surface area (Å²) in [5.41, 5.74) is 1.33. The first-order chi connectivity index (χ1) is 10.5. The number of carbonyl (C=O) groups excluding carboxylic acids is 2. The van der Waals surface area contributed by atoms with Crippen molar-refractivity contribution in [2.45, 2.75) is 33.1 Å². The van der Waals surface area contributed by atoms with E-state index in [1.54, 1.807) is 12.1 Å². The fourth-order valence-electron chi connectivity index (χ4n) is 2.08. The lowest BCUT2D eigenvalue weighted by molar-refractivity contribution is -0.121. The Morgan fingerprint density at radius 3 is 2.77 bits per heavy atom. The predicted molar refractivity (Wildman–Crippen MR) is 82.9 cm³/mol. The molecule has 1 amide bonds. The summed E-state index contributed by atoms with van der Waals surface area (Å²) < 4.78 is 4.92. The molecule has 0 saturated carbocycles. The van der Waals surface area contributed by atoms with E-state index in [2.05, 4.69) is 24.1 Å². The number of Topliss-reactive ketones (excluding diaryl/α,β-unsaturated/α-hetero) is 1. The normalized spacial score (nSPS) is 11.0. The highest BCUT2D eigenvalue weighted by molar-refractivity contribution is 6.00. The van der Waals surface area contributed by atoms with E-state index in [1.165, 1.54) is 6.07 Å². The van der Waals surface area contributed by atoms with Crippen molar-refractivity contribution in [1.29, 1.82) is 0 Å². The number of nitrogens with one attached hydrogen (secondary N) is 2. The van der Waals surface area contributed by atoms with E-state index in [9.17, 15) is 14.4 Å². The Morgan fingerprint density at radius 1 is 1.27 bits per heavy atom. The lowest BCUT2D eigenvalue weighted by atomic mass is 10.1. The number of aromatic nitrogens is 1. The van der Waals surface area contributed by atoms with Crippen LogP contribution in [0.4, 0.5) is 0 Å². The van der Waals surface area contributed by atoms with Gasteiger partial charge in [0.2, 0.25) is 5.91 Å². The van der Waals surface area contributed by atoms with Gasteiger partial charge in [0.05, 0.1) is 5.52 Å². The molecule has 22 heavy (non-hydrogen) atoms. The van der Waals surface area contributed by atoms with Gasteiger partial charge in [0.25, 0.3) is 0 Å². The summed E-state index contributed by atoms with van der Waals surface area (Å²) in [4.78, 5) is 37.3. The third kappa shape index (κ3) is 4.31. The summed E-state index contributed by atoms with van der Waals surface area (Å²) in [6.45, 7) is 4.81. The van der Waals surface area contributed by atoms with E-state index in [0.717, 1.165) is 6.42 Å². The van der Waals surface area contributed by atoms with Crippen LogP contribution in [0.2, 0.25) is 0 Å². The van der Waals surface area contributed by atoms with Gasteiger partial charge in [0.15, 0.2) is 11.4 Å². The van der Waals surface area contributed by atoms with Gasteiger partial charge in [-0.15, -0.1) is 0 Å². The number of fused-ring (bicyclic) bond motifs is 1. The number of rotatable bonds is 7. The fourth-order valence-corrected chi connectivity index (χ4v) is 2.08. The molecule has 0 radical (unpaired) electrons. The van der Waals surface area contributed by atoms with Crippen LogP contribution in [0.5, 0.6) is 0 Å². The van der Waals surface area contributed by atoms with Crippen LogP contribution in [0.1, 0.15) is 43.5 Å². The molecular weight excluding hydrogens is 284 g/mol. The second-order valence-corrected chi connectivity index (χ2v) is 5.68. The van der Waals surface area contributed by atoms with E-state index < -0.39 is 5.76 Å². The highest BCUT2D eigenvalue weighted by Crippen LogP contribution is 2.14. The van der Waals surface area contributed by atoms with Gasteiger partial charge in [-0.05, 0) is 30.5 Å². The van der Waals surface area contributed by atoms with Crippen LogP contribution in [-0.4, -0.2) is 23.2 Å². The topological polar surface area (TPSA) is 92.2 Å². The van der Waals surface area contributed by atoms with Crippen molar-refractivity contribution in [2.75, 3.05) is 6.54 Å². The van der Waals surface area contributed by atoms with Crippen molar-refractivity contribution in [3.63, 3.8) is 0 Å². The number of aromatic amines is 1. The van der Waals surface area contributed by atoms with Crippen molar-refractivity contribution >= 4 is 22.8 Å². The zero-order valence-corrected chi connectivity index (χ0v) is 12.8. The Labute approximate surface area is 127 Å². The van der Waals surface area contributed by atoms with Gasteiger partial charge in [-0.25, -0.2) is 4.79 Å². The molecule has 0 spiro atoms. The molecule has 0 unspecified atom stereocenters. The standard InChI is InChI=1S/C16H20N2O4/c1-10(2)7-8-17-15(20)6-5-13(19)11-3-4-12-14(9-11)22-16(21)18-12/h3-4,9-10H,5-8H2,1-2H3,(H,17,20)(H,18,21). The zero-order valence-electron chi connectivity index (χ0n) is 12.8. The van der Waals surface area contributed by atoms with Crippen LogP contribution in [0, 0.1) is 5.92 Å². The minimum Gasteiger partial charge on any atom is -0.408 e. The molecule has 2 rings (SSSR count). The molecule has 2 aromatic rings. The maximum atomic E-state index is 12.1. The number of hydrogen-bond acceptors (Lipinski definition) is 4. The molecule has 6 nitrogen and oxygen atoms in total. The highest BCUT2D eigenvalue weighted by Gasteiger charge is 2.11. The summed E-state index contributed by atoms with van der Waals surface area (Å²) in [6.07, 6.45) is 1.21. The quantitative estimate of drug-likeness (QED) is 0.767. The smallest absolute Gasteiger partial charge is 0.408 e. The molecule has 0 aliphatic rings. The molecule has 1 heterocycles. The van der Waals surface area contributed by atoms with Crippen LogP contribution in [0.25, 0.3) is 11.1 Å². The van der Waals surface area contributed by atoms with E-state index in [4.69, 9.17) is 4.42 Å². The number of hydrogen-bond donors (Lipinski definition) is 2. The van der Waals surface area contributed by atoms with Crippen LogP contribution in [0.3, 0.4) is 0 Å². The van der Waals surface area contributed by atoms with Gasteiger partial charge in [-0.2, -0.15) is 0 Å². The summed E-state index contributed by atoms with van der Waals surface area (Å²) in [5, 5.41) is 2.80. The molecule has 0 fully saturated rings. The Hall–Kier alpha value is -2.37. The third-order valence-corrected chi connectivity index (χ3v) is 3.37. The Balaban J connectivity index is 1.88. The summed E-state index contributed by atoms with van der Waals surface area (Å²) >= 11 is 0. The molecule has 2 N–H and O–H groups in total. The molecular formula is C16H20N2O4. The second kappa shape index (κ2) is 7.06. The van der Waals surface area contributed by atoms with Crippen LogP contribution in [-0.2, 0) is 4.79 Å². The summed E-state index contributed by atoms with van der Waals surface area (Å²) in [5.74, 6) is -0.290. The molecule has 0 aliphatic carbocycles. The largest absolute Gasteiger partial charge is 0.417 e. The number of oxazole rings is 1. The minimum absolute atomic E-state index is 0.122. The molecule has 6 heteroatoms. The summed E-state index contributed by atoms with van der Waals surface area (Å²) in [7, 11) is 0. The average molecular weight is 304 g/mol. The second-order valence-electron chi connectivity index (χ2n) is 5.68. The third-order valence-electron chi connectivity index (χ3n) is 3.37. The molecule has 0 aliphatic heterocycles. The van der Waals surface area contributed by atoms with Crippen molar-refractivity contribution in [3.8, 4) is 0 Å². The minimum atomic E-state index is -0.552. The number of H-pyrrole nitrogens is 1. The monoisotopic (exact) mass is 304 g/mol. The summed E-state index contributed by atoms with van der Waals surface area (Å²) in [6, 6.07) is 4.76. The van der Waals surface area contributed by atoms with Gasteiger partial charge in [0, 0.05) is 24.9 Å². The molecule has 0 atom stereocenters.